The van der Waals surface area contributed by atoms with E-state index in [1.165, 1.54) is 18.7 Å². The van der Waals surface area contributed by atoms with Crippen LogP contribution in [0.3, 0.4) is 0 Å². The average Bonchev–Trinajstić information content (AvgIpc) is 2.72. The molecule has 0 saturated heterocycles. The highest BCUT2D eigenvalue weighted by atomic mass is 32.2. The third kappa shape index (κ3) is 7.53. The Labute approximate surface area is 192 Å². The number of ketones is 1. The first-order valence-electron chi connectivity index (χ1n) is 10.1. The second-order valence-corrected chi connectivity index (χ2v) is 9.64. The molecule has 0 aromatic heterocycles. The van der Waals surface area contributed by atoms with Gasteiger partial charge in [0.2, 0.25) is 11.8 Å². The number of rotatable bonds is 8. The number of hydrogen-bond donors (Lipinski definition) is 2. The Bertz CT molecular complexity index is 996. The highest BCUT2D eigenvalue weighted by Gasteiger charge is 2.24. The maximum absolute atomic E-state index is 12.6. The molecule has 1 atom stereocenters. The molecule has 7 nitrogen and oxygen atoms in total. The van der Waals surface area contributed by atoms with Crippen molar-refractivity contribution in [1.29, 1.82) is 0 Å². The molecule has 0 spiro atoms. The third-order valence-corrected chi connectivity index (χ3v) is 5.60. The van der Waals surface area contributed by atoms with Gasteiger partial charge in [-0.1, -0.05) is 32.9 Å². The molecule has 0 saturated carbocycles. The molecule has 2 rings (SSSR count). The van der Waals surface area contributed by atoms with Crippen molar-refractivity contribution in [3.05, 3.63) is 54.1 Å². The van der Waals surface area contributed by atoms with E-state index in [0.29, 0.717) is 21.8 Å². The normalized spacial score (nSPS) is 11.9. The summed E-state index contributed by atoms with van der Waals surface area (Å²) < 4.78 is 5.20. The number of esters is 1. The SMILES string of the molecule is CC(=O)Nc1ccc(NC(=O)[C@@H](C)Sc2ccccc2C(=O)OCC(=O)C(C)(C)C)cc1. The van der Waals surface area contributed by atoms with Gasteiger partial charge in [0.1, 0.15) is 0 Å². The molecule has 0 aliphatic heterocycles. The number of amides is 2. The summed E-state index contributed by atoms with van der Waals surface area (Å²) in [5.41, 5.74) is 0.931. The van der Waals surface area contributed by atoms with Gasteiger partial charge in [-0.25, -0.2) is 4.79 Å². The van der Waals surface area contributed by atoms with Crippen molar-refractivity contribution in [3.8, 4) is 0 Å². The lowest BCUT2D eigenvalue weighted by atomic mass is 9.91. The van der Waals surface area contributed by atoms with Crippen LogP contribution in [-0.4, -0.2) is 35.4 Å². The number of nitrogens with one attached hydrogen (secondary N) is 2. The molecule has 0 bridgehead atoms. The second-order valence-electron chi connectivity index (χ2n) is 8.25. The molecule has 2 aromatic carbocycles. The maximum Gasteiger partial charge on any atom is 0.339 e. The van der Waals surface area contributed by atoms with Crippen molar-refractivity contribution >= 4 is 46.7 Å². The highest BCUT2D eigenvalue weighted by Crippen LogP contribution is 2.28. The molecule has 0 aliphatic carbocycles. The number of Topliss-reactive ketones (excluding diaryl/α,β-unsaturated/α-hetero) is 1. The van der Waals surface area contributed by atoms with Crippen LogP contribution in [0.15, 0.2) is 53.4 Å². The molecule has 8 heteroatoms. The van der Waals surface area contributed by atoms with E-state index in [1.54, 1.807) is 76.2 Å². The van der Waals surface area contributed by atoms with Gasteiger partial charge in [0, 0.05) is 28.6 Å². The molecule has 32 heavy (non-hydrogen) atoms. The van der Waals surface area contributed by atoms with Crippen molar-refractivity contribution in [2.24, 2.45) is 5.41 Å². The van der Waals surface area contributed by atoms with Gasteiger partial charge in [-0.15, -0.1) is 11.8 Å². The van der Waals surface area contributed by atoms with E-state index in [4.69, 9.17) is 4.74 Å². The first-order chi connectivity index (χ1) is 15.0. The molecule has 0 unspecified atom stereocenters. The van der Waals surface area contributed by atoms with Crippen molar-refractivity contribution < 1.29 is 23.9 Å². The summed E-state index contributed by atoms with van der Waals surface area (Å²) in [6, 6.07) is 13.6. The zero-order chi connectivity index (χ0) is 23.9. The minimum Gasteiger partial charge on any atom is -0.454 e. The van der Waals surface area contributed by atoms with Gasteiger partial charge in [0.15, 0.2) is 12.4 Å². The van der Waals surface area contributed by atoms with Gasteiger partial charge < -0.3 is 15.4 Å². The standard InChI is InChI=1S/C24H28N2O5S/c1-15(22(29)26-18-12-10-17(11-13-18)25-16(2)27)32-20-9-7-6-8-19(20)23(30)31-14-21(28)24(3,4)5/h6-13,15H,14H2,1-5H3,(H,25,27)(H,26,29)/t15-/m1/s1. The number of thioether (sulfide) groups is 1. The Hall–Kier alpha value is -3.13. The fraction of sp³-hybridized carbons (Fsp3) is 0.333. The first-order valence-corrected chi connectivity index (χ1v) is 11.0. The largest absolute Gasteiger partial charge is 0.454 e. The third-order valence-electron chi connectivity index (χ3n) is 4.42. The molecular formula is C24H28N2O5S. The van der Waals surface area contributed by atoms with Crippen LogP contribution < -0.4 is 10.6 Å². The van der Waals surface area contributed by atoms with Crippen LogP contribution in [-0.2, 0) is 19.1 Å². The molecule has 2 amide bonds. The van der Waals surface area contributed by atoms with E-state index in [2.05, 4.69) is 10.6 Å². The summed E-state index contributed by atoms with van der Waals surface area (Å²) >= 11 is 1.22. The summed E-state index contributed by atoms with van der Waals surface area (Å²) in [5.74, 6) is -1.19. The summed E-state index contributed by atoms with van der Waals surface area (Å²) in [7, 11) is 0. The minimum absolute atomic E-state index is 0.173. The summed E-state index contributed by atoms with van der Waals surface area (Å²) in [5, 5.41) is 4.97. The van der Waals surface area contributed by atoms with Crippen LogP contribution in [0.4, 0.5) is 11.4 Å². The van der Waals surface area contributed by atoms with E-state index in [0.717, 1.165) is 0 Å². The summed E-state index contributed by atoms with van der Waals surface area (Å²) in [6.45, 7) is 8.15. The lowest BCUT2D eigenvalue weighted by Crippen LogP contribution is -2.26. The smallest absolute Gasteiger partial charge is 0.339 e. The fourth-order valence-electron chi connectivity index (χ4n) is 2.49. The van der Waals surface area contributed by atoms with Gasteiger partial charge in [0.25, 0.3) is 0 Å². The predicted octanol–water partition coefficient (Wildman–Crippen LogP) is 4.54. The van der Waals surface area contributed by atoms with Crippen LogP contribution in [0.2, 0.25) is 0 Å². The number of ether oxygens (including phenoxy) is 1. The van der Waals surface area contributed by atoms with Gasteiger partial charge in [-0.3, -0.25) is 14.4 Å². The quantitative estimate of drug-likeness (QED) is 0.447. The van der Waals surface area contributed by atoms with Crippen LogP contribution in [0.25, 0.3) is 0 Å². The summed E-state index contributed by atoms with van der Waals surface area (Å²) in [6.07, 6.45) is 0. The van der Waals surface area contributed by atoms with Crippen LogP contribution in [0.1, 0.15) is 45.0 Å². The Kier molecular flexibility index (Phi) is 8.60. The van der Waals surface area contributed by atoms with Gasteiger partial charge in [-0.2, -0.15) is 0 Å². The number of benzene rings is 2. The maximum atomic E-state index is 12.6. The Morgan fingerprint density at radius 1 is 0.938 bits per heavy atom. The minimum atomic E-state index is -0.605. The van der Waals surface area contributed by atoms with Gasteiger partial charge in [0.05, 0.1) is 10.8 Å². The monoisotopic (exact) mass is 456 g/mol. The zero-order valence-corrected chi connectivity index (χ0v) is 19.7. The number of hydrogen-bond acceptors (Lipinski definition) is 6. The molecule has 0 aliphatic rings. The number of anilines is 2. The molecule has 170 valence electrons. The van der Waals surface area contributed by atoms with E-state index < -0.39 is 16.6 Å². The van der Waals surface area contributed by atoms with Crippen LogP contribution in [0.5, 0.6) is 0 Å². The molecule has 2 N–H and O–H groups in total. The molecule has 0 fully saturated rings. The highest BCUT2D eigenvalue weighted by molar-refractivity contribution is 8.00. The van der Waals surface area contributed by atoms with Crippen molar-refractivity contribution in [2.45, 2.75) is 44.8 Å². The van der Waals surface area contributed by atoms with Crippen molar-refractivity contribution in [1.82, 2.24) is 0 Å². The van der Waals surface area contributed by atoms with E-state index in [1.807, 2.05) is 0 Å². The predicted molar refractivity (Wildman–Crippen MR) is 126 cm³/mol. The first kappa shape index (κ1) is 25.1. The van der Waals surface area contributed by atoms with Gasteiger partial charge >= 0.3 is 5.97 Å². The Morgan fingerprint density at radius 2 is 1.50 bits per heavy atom. The van der Waals surface area contributed by atoms with Crippen LogP contribution in [0, 0.1) is 5.41 Å². The Balaban J connectivity index is 2.01. The molecule has 2 aromatic rings. The van der Waals surface area contributed by atoms with E-state index >= 15 is 0 Å². The lowest BCUT2D eigenvalue weighted by Gasteiger charge is -2.17. The topological polar surface area (TPSA) is 102 Å². The van der Waals surface area contributed by atoms with Gasteiger partial charge in [-0.05, 0) is 43.3 Å². The number of carbonyl (C=O) groups excluding carboxylic acids is 4. The van der Waals surface area contributed by atoms with Crippen molar-refractivity contribution in [3.63, 3.8) is 0 Å². The van der Waals surface area contributed by atoms with Crippen molar-refractivity contribution in [2.75, 3.05) is 17.2 Å². The second kappa shape index (κ2) is 10.9. The molecule has 0 radical (unpaired) electrons. The number of carbonyl (C=O) groups is 4. The Morgan fingerprint density at radius 3 is 2.06 bits per heavy atom. The van der Waals surface area contributed by atoms with Crippen LogP contribution >= 0.6 is 11.8 Å². The molecule has 0 heterocycles. The summed E-state index contributed by atoms with van der Waals surface area (Å²) in [4.78, 5) is 48.9. The van der Waals surface area contributed by atoms with E-state index in [9.17, 15) is 19.2 Å². The average molecular weight is 457 g/mol. The zero-order valence-electron chi connectivity index (χ0n) is 18.9. The lowest BCUT2D eigenvalue weighted by molar-refractivity contribution is -0.129. The van der Waals surface area contributed by atoms with E-state index in [-0.39, 0.29) is 24.2 Å². The molecular weight excluding hydrogens is 428 g/mol. The fourth-order valence-corrected chi connectivity index (χ4v) is 3.47.